The predicted molar refractivity (Wildman–Crippen MR) is 72.1 cm³/mol. The second-order valence-corrected chi connectivity index (χ2v) is 4.45. The molecule has 0 atom stereocenters. The number of nitrogens with zero attached hydrogens (tertiary/aromatic N) is 2. The Morgan fingerprint density at radius 3 is 3.00 bits per heavy atom. The Bertz CT molecular complexity index is 516. The van der Waals surface area contributed by atoms with Crippen LogP contribution in [0, 0.1) is 0 Å². The zero-order valence-corrected chi connectivity index (χ0v) is 11.5. The van der Waals surface area contributed by atoms with E-state index in [1.165, 1.54) is 0 Å². The van der Waals surface area contributed by atoms with E-state index in [0.717, 1.165) is 12.1 Å². The van der Waals surface area contributed by atoms with E-state index in [1.807, 2.05) is 24.3 Å². The lowest BCUT2D eigenvalue weighted by Crippen LogP contribution is -2.18. The minimum Gasteiger partial charge on any atom is -0.383 e. The van der Waals surface area contributed by atoms with Crippen molar-refractivity contribution in [2.24, 2.45) is 0 Å². The molecule has 0 aliphatic heterocycles. The van der Waals surface area contributed by atoms with Crippen molar-refractivity contribution >= 4 is 11.6 Å². The molecule has 1 aromatic carbocycles. The quantitative estimate of drug-likeness (QED) is 0.787. The molecule has 0 amide bonds. The molecule has 0 bridgehead atoms. The Hall–Kier alpha value is -1.43. The molecule has 0 radical (unpaired) electrons. The number of halogens is 1. The van der Waals surface area contributed by atoms with Gasteiger partial charge in [-0.05, 0) is 11.6 Å². The summed E-state index contributed by atoms with van der Waals surface area (Å²) < 4.78 is 10.1. The van der Waals surface area contributed by atoms with Crippen LogP contribution in [0.5, 0.6) is 0 Å². The summed E-state index contributed by atoms with van der Waals surface area (Å²) in [5.41, 5.74) is 0.990. The summed E-state index contributed by atoms with van der Waals surface area (Å²) in [6.45, 7) is 1.94. The van der Waals surface area contributed by atoms with Crippen LogP contribution >= 0.6 is 11.6 Å². The van der Waals surface area contributed by atoms with Crippen LogP contribution in [0.25, 0.3) is 0 Å². The standard InChI is InChI=1S/C13H16ClN3O2/c1-18-7-6-15-9-13-16-12(17-19-13)8-10-4-2-3-5-11(10)14/h2-5,15H,6-9H2,1H3. The third kappa shape index (κ3) is 4.31. The van der Waals surface area contributed by atoms with Gasteiger partial charge in [-0.3, -0.25) is 0 Å². The summed E-state index contributed by atoms with van der Waals surface area (Å²) >= 11 is 6.09. The highest BCUT2D eigenvalue weighted by Gasteiger charge is 2.08. The topological polar surface area (TPSA) is 60.2 Å². The summed E-state index contributed by atoms with van der Waals surface area (Å²) in [5.74, 6) is 1.20. The van der Waals surface area contributed by atoms with Crippen molar-refractivity contribution in [2.75, 3.05) is 20.3 Å². The van der Waals surface area contributed by atoms with Crippen molar-refractivity contribution in [3.63, 3.8) is 0 Å². The number of rotatable bonds is 7. The maximum absolute atomic E-state index is 6.09. The van der Waals surface area contributed by atoms with Gasteiger partial charge in [0.05, 0.1) is 13.2 Å². The summed E-state index contributed by atoms with van der Waals surface area (Å²) in [7, 11) is 1.66. The molecule has 0 fully saturated rings. The Balaban J connectivity index is 1.89. The molecule has 5 nitrogen and oxygen atoms in total. The lowest BCUT2D eigenvalue weighted by Gasteiger charge is -1.99. The minimum absolute atomic E-state index is 0.541. The van der Waals surface area contributed by atoms with Gasteiger partial charge < -0.3 is 14.6 Å². The lowest BCUT2D eigenvalue weighted by molar-refractivity contribution is 0.197. The molecular weight excluding hydrogens is 266 g/mol. The maximum Gasteiger partial charge on any atom is 0.240 e. The van der Waals surface area contributed by atoms with Crippen molar-refractivity contribution in [1.82, 2.24) is 15.5 Å². The number of aromatic nitrogens is 2. The SMILES string of the molecule is COCCNCc1nc(Cc2ccccc2Cl)no1. The molecule has 0 unspecified atom stereocenters. The number of ether oxygens (including phenoxy) is 1. The number of hydrogen-bond donors (Lipinski definition) is 1. The van der Waals surface area contributed by atoms with Crippen LogP contribution in [0.4, 0.5) is 0 Å². The fourth-order valence-corrected chi connectivity index (χ4v) is 1.82. The average molecular weight is 282 g/mol. The largest absolute Gasteiger partial charge is 0.383 e. The summed E-state index contributed by atoms with van der Waals surface area (Å²) in [6, 6.07) is 7.64. The van der Waals surface area contributed by atoms with Crippen LogP contribution in [-0.4, -0.2) is 30.4 Å². The van der Waals surface area contributed by atoms with Crippen molar-refractivity contribution in [1.29, 1.82) is 0 Å². The number of methoxy groups -OCH3 is 1. The van der Waals surface area contributed by atoms with E-state index in [2.05, 4.69) is 15.5 Å². The fourth-order valence-electron chi connectivity index (χ4n) is 1.62. The summed E-state index contributed by atoms with van der Waals surface area (Å²) in [6.07, 6.45) is 0.571. The van der Waals surface area contributed by atoms with Crippen LogP contribution in [-0.2, 0) is 17.7 Å². The molecule has 0 aliphatic rings. The minimum atomic E-state index is 0.541. The molecule has 19 heavy (non-hydrogen) atoms. The van der Waals surface area contributed by atoms with E-state index < -0.39 is 0 Å². The fraction of sp³-hybridized carbons (Fsp3) is 0.385. The normalized spacial score (nSPS) is 10.8. The zero-order valence-electron chi connectivity index (χ0n) is 10.7. The first-order chi connectivity index (χ1) is 9.29. The molecule has 0 spiro atoms. The molecule has 102 valence electrons. The van der Waals surface area contributed by atoms with Gasteiger partial charge in [0.25, 0.3) is 0 Å². The van der Waals surface area contributed by atoms with Crippen LogP contribution in [0.2, 0.25) is 5.02 Å². The van der Waals surface area contributed by atoms with E-state index in [4.69, 9.17) is 20.9 Å². The maximum atomic E-state index is 6.09. The van der Waals surface area contributed by atoms with Gasteiger partial charge in [0, 0.05) is 25.1 Å². The van der Waals surface area contributed by atoms with Crippen molar-refractivity contribution in [2.45, 2.75) is 13.0 Å². The molecule has 0 saturated carbocycles. The van der Waals surface area contributed by atoms with E-state index >= 15 is 0 Å². The van der Waals surface area contributed by atoms with Gasteiger partial charge in [-0.25, -0.2) is 0 Å². The number of hydrogen-bond acceptors (Lipinski definition) is 5. The highest BCUT2D eigenvalue weighted by atomic mass is 35.5. The second kappa shape index (κ2) is 7.23. The third-order valence-corrected chi connectivity index (χ3v) is 2.94. The molecule has 0 aliphatic carbocycles. The Kier molecular flexibility index (Phi) is 5.32. The summed E-state index contributed by atoms with van der Waals surface area (Å²) in [5, 5.41) is 7.79. The monoisotopic (exact) mass is 281 g/mol. The van der Waals surface area contributed by atoms with Gasteiger partial charge in [0.1, 0.15) is 0 Å². The molecule has 1 N–H and O–H groups in total. The van der Waals surface area contributed by atoms with Gasteiger partial charge in [0.15, 0.2) is 5.82 Å². The van der Waals surface area contributed by atoms with E-state index in [0.29, 0.717) is 36.3 Å². The van der Waals surface area contributed by atoms with Crippen LogP contribution in [0.15, 0.2) is 28.8 Å². The van der Waals surface area contributed by atoms with E-state index in [9.17, 15) is 0 Å². The number of benzene rings is 1. The van der Waals surface area contributed by atoms with Crippen molar-refractivity contribution in [3.8, 4) is 0 Å². The van der Waals surface area contributed by atoms with Crippen LogP contribution < -0.4 is 5.32 Å². The summed E-state index contributed by atoms with van der Waals surface area (Å²) in [4.78, 5) is 4.30. The highest BCUT2D eigenvalue weighted by molar-refractivity contribution is 6.31. The average Bonchev–Trinajstić information content (AvgIpc) is 2.85. The van der Waals surface area contributed by atoms with Gasteiger partial charge in [0.2, 0.25) is 5.89 Å². The molecule has 2 aromatic rings. The van der Waals surface area contributed by atoms with Gasteiger partial charge >= 0.3 is 0 Å². The number of nitrogens with one attached hydrogen (secondary N) is 1. The Morgan fingerprint density at radius 1 is 1.37 bits per heavy atom. The van der Waals surface area contributed by atoms with Crippen LogP contribution in [0.3, 0.4) is 0 Å². The first-order valence-electron chi connectivity index (χ1n) is 6.04. The smallest absolute Gasteiger partial charge is 0.240 e. The zero-order chi connectivity index (χ0) is 13.5. The highest BCUT2D eigenvalue weighted by Crippen LogP contribution is 2.17. The van der Waals surface area contributed by atoms with Gasteiger partial charge in [-0.15, -0.1) is 0 Å². The Labute approximate surface area is 116 Å². The molecule has 6 heteroatoms. The first kappa shape index (κ1) is 14.0. The van der Waals surface area contributed by atoms with E-state index in [1.54, 1.807) is 7.11 Å². The van der Waals surface area contributed by atoms with Crippen LogP contribution in [0.1, 0.15) is 17.3 Å². The molecule has 2 rings (SSSR count). The first-order valence-corrected chi connectivity index (χ1v) is 6.42. The van der Waals surface area contributed by atoms with Gasteiger partial charge in [-0.1, -0.05) is 35.0 Å². The molecule has 1 heterocycles. The van der Waals surface area contributed by atoms with Crippen molar-refractivity contribution in [3.05, 3.63) is 46.6 Å². The molecular formula is C13H16ClN3O2. The molecule has 0 saturated heterocycles. The lowest BCUT2D eigenvalue weighted by atomic mass is 10.1. The van der Waals surface area contributed by atoms with E-state index in [-0.39, 0.29) is 0 Å². The predicted octanol–water partition coefficient (Wildman–Crippen LogP) is 2.05. The van der Waals surface area contributed by atoms with Gasteiger partial charge in [-0.2, -0.15) is 4.98 Å². The Morgan fingerprint density at radius 2 is 2.21 bits per heavy atom. The third-order valence-electron chi connectivity index (χ3n) is 2.58. The van der Waals surface area contributed by atoms with Crippen molar-refractivity contribution < 1.29 is 9.26 Å². The second-order valence-electron chi connectivity index (χ2n) is 4.04. The molecule has 1 aromatic heterocycles.